The van der Waals surface area contributed by atoms with E-state index in [4.69, 9.17) is 4.74 Å². The lowest BCUT2D eigenvalue weighted by molar-refractivity contribution is -0.139. The van der Waals surface area contributed by atoms with Gasteiger partial charge in [-0.25, -0.2) is 13.9 Å². The molecule has 1 N–H and O–H groups in total. The predicted molar refractivity (Wildman–Crippen MR) is 86.8 cm³/mol. The zero-order valence-corrected chi connectivity index (χ0v) is 13.6. The molecular weight excluding hydrogens is 311 g/mol. The van der Waals surface area contributed by atoms with Crippen molar-refractivity contribution in [3.05, 3.63) is 53.2 Å². The van der Waals surface area contributed by atoms with Crippen LogP contribution in [0.15, 0.2) is 41.9 Å². The lowest BCUT2D eigenvalue weighted by atomic mass is 9.93. The molecule has 0 bridgehead atoms. The minimum absolute atomic E-state index is 0.246. The molecule has 0 fully saturated rings. The molecule has 1 atom stereocenters. The molecule has 0 spiro atoms. The van der Waals surface area contributed by atoms with Crippen molar-refractivity contribution in [1.82, 2.24) is 14.8 Å². The summed E-state index contributed by atoms with van der Waals surface area (Å²) in [5.41, 5.74) is 1.44. The zero-order chi connectivity index (χ0) is 17.1. The Bertz CT molecular complexity index is 784. The SMILES string of the molecule is CCCC1=C(C(=O)OCC)C(c2ccccc2F)n2ncnc2N1. The van der Waals surface area contributed by atoms with E-state index in [0.29, 0.717) is 29.2 Å². The van der Waals surface area contributed by atoms with Crippen LogP contribution in [0.3, 0.4) is 0 Å². The van der Waals surface area contributed by atoms with Gasteiger partial charge in [-0.05, 0) is 19.4 Å². The highest BCUT2D eigenvalue weighted by Gasteiger charge is 2.36. The standard InChI is InChI=1S/C17H19FN4O2/c1-3-7-13-14(16(23)24-4-2)15(11-8-5-6-9-12(11)18)22-17(21-13)19-10-20-22/h5-6,8-10,15H,3-4,7H2,1-2H3,(H,19,20,21). The van der Waals surface area contributed by atoms with Crippen molar-refractivity contribution in [2.45, 2.75) is 32.7 Å². The first kappa shape index (κ1) is 16.2. The molecule has 1 aromatic carbocycles. The van der Waals surface area contributed by atoms with Crippen LogP contribution < -0.4 is 5.32 Å². The third-order valence-electron chi connectivity index (χ3n) is 3.87. The van der Waals surface area contributed by atoms with E-state index in [1.165, 1.54) is 17.1 Å². The summed E-state index contributed by atoms with van der Waals surface area (Å²) in [7, 11) is 0. The van der Waals surface area contributed by atoms with Gasteiger partial charge in [-0.1, -0.05) is 31.5 Å². The Morgan fingerprint density at radius 3 is 2.88 bits per heavy atom. The quantitative estimate of drug-likeness (QED) is 0.853. The monoisotopic (exact) mass is 330 g/mol. The normalized spacial score (nSPS) is 16.5. The first-order valence-electron chi connectivity index (χ1n) is 7.98. The van der Waals surface area contributed by atoms with Crippen molar-refractivity contribution in [3.63, 3.8) is 0 Å². The predicted octanol–water partition coefficient (Wildman–Crippen LogP) is 3.05. The van der Waals surface area contributed by atoms with Gasteiger partial charge in [-0.2, -0.15) is 10.1 Å². The molecular formula is C17H19FN4O2. The van der Waals surface area contributed by atoms with Crippen molar-refractivity contribution >= 4 is 11.9 Å². The molecule has 6 nitrogen and oxygen atoms in total. The smallest absolute Gasteiger partial charge is 0.338 e. The Labute approximate surface area is 139 Å². The average molecular weight is 330 g/mol. The Hall–Kier alpha value is -2.70. The highest BCUT2D eigenvalue weighted by Crippen LogP contribution is 2.37. The lowest BCUT2D eigenvalue weighted by Gasteiger charge is -2.29. The third kappa shape index (κ3) is 2.77. The van der Waals surface area contributed by atoms with Gasteiger partial charge in [0.1, 0.15) is 18.2 Å². The summed E-state index contributed by atoms with van der Waals surface area (Å²) in [5.74, 6) is -0.383. The Morgan fingerprint density at radius 1 is 1.38 bits per heavy atom. The third-order valence-corrected chi connectivity index (χ3v) is 3.87. The van der Waals surface area contributed by atoms with E-state index in [2.05, 4.69) is 15.4 Å². The first-order chi connectivity index (χ1) is 11.7. The molecule has 24 heavy (non-hydrogen) atoms. The molecule has 0 aliphatic carbocycles. The Kier molecular flexibility index (Phi) is 4.59. The highest BCUT2D eigenvalue weighted by atomic mass is 19.1. The molecule has 1 aliphatic rings. The van der Waals surface area contributed by atoms with Crippen LogP contribution in [0, 0.1) is 5.82 Å². The second-order valence-corrected chi connectivity index (χ2v) is 5.44. The number of rotatable bonds is 5. The fourth-order valence-corrected chi connectivity index (χ4v) is 2.89. The number of fused-ring (bicyclic) bond motifs is 1. The lowest BCUT2D eigenvalue weighted by Crippen LogP contribution is -2.31. The van der Waals surface area contributed by atoms with Crippen LogP contribution in [0.5, 0.6) is 0 Å². The Balaban J connectivity index is 2.20. The minimum atomic E-state index is -0.703. The number of aromatic nitrogens is 3. The maximum Gasteiger partial charge on any atom is 0.338 e. The number of allylic oxidation sites excluding steroid dienone is 1. The number of ether oxygens (including phenoxy) is 1. The number of benzene rings is 1. The van der Waals surface area contributed by atoms with Gasteiger partial charge in [0, 0.05) is 11.3 Å². The average Bonchev–Trinajstić information content (AvgIpc) is 3.03. The fourth-order valence-electron chi connectivity index (χ4n) is 2.89. The molecule has 126 valence electrons. The van der Waals surface area contributed by atoms with Crippen molar-refractivity contribution in [1.29, 1.82) is 0 Å². The van der Waals surface area contributed by atoms with Crippen molar-refractivity contribution in [3.8, 4) is 0 Å². The molecule has 1 aliphatic heterocycles. The number of carbonyl (C=O) groups is 1. The van der Waals surface area contributed by atoms with E-state index in [0.717, 1.165) is 6.42 Å². The summed E-state index contributed by atoms with van der Waals surface area (Å²) in [6.07, 6.45) is 2.84. The van der Waals surface area contributed by atoms with Gasteiger partial charge >= 0.3 is 5.97 Å². The van der Waals surface area contributed by atoms with E-state index < -0.39 is 17.8 Å². The first-order valence-corrected chi connectivity index (χ1v) is 7.98. The van der Waals surface area contributed by atoms with Crippen molar-refractivity contribution in [2.24, 2.45) is 0 Å². The van der Waals surface area contributed by atoms with E-state index >= 15 is 0 Å². The van der Waals surface area contributed by atoms with Gasteiger partial charge in [0.25, 0.3) is 0 Å². The summed E-state index contributed by atoms with van der Waals surface area (Å²) < 4.78 is 21.2. The van der Waals surface area contributed by atoms with Crippen LogP contribution in [0.25, 0.3) is 0 Å². The minimum Gasteiger partial charge on any atom is -0.463 e. The second kappa shape index (κ2) is 6.82. The number of carbonyl (C=O) groups excluding carboxylic acids is 1. The number of anilines is 1. The van der Waals surface area contributed by atoms with Crippen LogP contribution in [0.4, 0.5) is 10.3 Å². The van der Waals surface area contributed by atoms with Crippen LogP contribution in [-0.4, -0.2) is 27.3 Å². The zero-order valence-electron chi connectivity index (χ0n) is 13.6. The van der Waals surface area contributed by atoms with Gasteiger partial charge in [-0.15, -0.1) is 0 Å². The summed E-state index contributed by atoms with van der Waals surface area (Å²) in [6.45, 7) is 4.00. The molecule has 0 saturated carbocycles. The van der Waals surface area contributed by atoms with E-state index in [1.807, 2.05) is 6.92 Å². The van der Waals surface area contributed by atoms with Crippen LogP contribution in [0.1, 0.15) is 38.3 Å². The second-order valence-electron chi connectivity index (χ2n) is 5.44. The van der Waals surface area contributed by atoms with Crippen molar-refractivity contribution < 1.29 is 13.9 Å². The van der Waals surface area contributed by atoms with Gasteiger partial charge in [0.15, 0.2) is 0 Å². The molecule has 0 radical (unpaired) electrons. The summed E-state index contributed by atoms with van der Waals surface area (Å²) in [6, 6.07) is 5.67. The summed E-state index contributed by atoms with van der Waals surface area (Å²) in [5, 5.41) is 7.31. The maximum absolute atomic E-state index is 14.5. The van der Waals surface area contributed by atoms with Gasteiger partial charge in [-0.3, -0.25) is 0 Å². The number of esters is 1. The van der Waals surface area contributed by atoms with Crippen LogP contribution in [0.2, 0.25) is 0 Å². The summed E-state index contributed by atoms with van der Waals surface area (Å²) >= 11 is 0. The number of nitrogens with one attached hydrogen (secondary N) is 1. The number of hydrogen-bond donors (Lipinski definition) is 1. The highest BCUT2D eigenvalue weighted by molar-refractivity contribution is 5.92. The van der Waals surface area contributed by atoms with E-state index in [9.17, 15) is 9.18 Å². The molecule has 1 aromatic heterocycles. The molecule has 3 rings (SSSR count). The molecule has 1 unspecified atom stereocenters. The summed E-state index contributed by atoms with van der Waals surface area (Å²) in [4.78, 5) is 16.8. The molecule has 0 amide bonds. The maximum atomic E-state index is 14.5. The van der Waals surface area contributed by atoms with Gasteiger partial charge < -0.3 is 10.1 Å². The number of halogens is 1. The molecule has 2 heterocycles. The van der Waals surface area contributed by atoms with E-state index in [-0.39, 0.29) is 6.61 Å². The van der Waals surface area contributed by atoms with Crippen LogP contribution >= 0.6 is 0 Å². The van der Waals surface area contributed by atoms with Crippen molar-refractivity contribution in [2.75, 3.05) is 11.9 Å². The topological polar surface area (TPSA) is 69.0 Å². The van der Waals surface area contributed by atoms with Gasteiger partial charge in [0.2, 0.25) is 5.95 Å². The van der Waals surface area contributed by atoms with E-state index in [1.54, 1.807) is 25.1 Å². The number of nitrogens with zero attached hydrogens (tertiary/aromatic N) is 3. The Morgan fingerprint density at radius 2 is 2.17 bits per heavy atom. The molecule has 2 aromatic rings. The largest absolute Gasteiger partial charge is 0.463 e. The number of hydrogen-bond acceptors (Lipinski definition) is 5. The van der Waals surface area contributed by atoms with Gasteiger partial charge in [0.05, 0.1) is 12.2 Å². The van der Waals surface area contributed by atoms with Crippen LogP contribution in [-0.2, 0) is 9.53 Å². The molecule has 0 saturated heterocycles. The molecule has 7 heteroatoms. The fraction of sp³-hybridized carbons (Fsp3) is 0.353.